The van der Waals surface area contributed by atoms with Crippen molar-refractivity contribution in [3.05, 3.63) is 53.1 Å². The van der Waals surface area contributed by atoms with Gasteiger partial charge in [0.1, 0.15) is 27.3 Å². The molecule has 1 aliphatic carbocycles. The Kier molecular flexibility index (Phi) is 7.00. The Labute approximate surface area is 212 Å². The van der Waals surface area contributed by atoms with E-state index in [1.54, 1.807) is 19.1 Å². The lowest BCUT2D eigenvalue weighted by atomic mass is 10.0. The lowest BCUT2D eigenvalue weighted by Gasteiger charge is -2.20. The Balaban J connectivity index is 1.68. The molecule has 1 aliphatic rings. The molecule has 2 aromatic carbocycles. The van der Waals surface area contributed by atoms with Gasteiger partial charge >= 0.3 is 6.18 Å². The number of rotatable bonds is 9. The van der Waals surface area contributed by atoms with Crippen LogP contribution in [-0.4, -0.2) is 44.1 Å². The third-order valence-electron chi connectivity index (χ3n) is 6.31. The number of hydrogen-bond acceptors (Lipinski definition) is 7. The number of halogens is 4. The second kappa shape index (κ2) is 9.62. The van der Waals surface area contributed by atoms with E-state index >= 15 is 0 Å². The zero-order chi connectivity index (χ0) is 27.2. The monoisotopic (exact) mass is 541 g/mol. The molecule has 7 nitrogen and oxygen atoms in total. The first-order valence-electron chi connectivity index (χ1n) is 11.5. The van der Waals surface area contributed by atoms with Crippen molar-refractivity contribution < 1.29 is 35.5 Å². The molecule has 0 aliphatic heterocycles. The van der Waals surface area contributed by atoms with Crippen LogP contribution in [0.15, 0.2) is 30.3 Å². The van der Waals surface area contributed by atoms with Gasteiger partial charge in [-0.05, 0) is 38.8 Å². The number of benzene rings is 2. The average Bonchev–Trinajstić information content (AvgIpc) is 3.54. The van der Waals surface area contributed by atoms with E-state index in [4.69, 9.17) is 9.47 Å². The largest absolute Gasteiger partial charge is 0.493 e. The molecule has 0 amide bonds. The maximum atomic E-state index is 14.7. The maximum Gasteiger partial charge on any atom is 0.419 e. The second-order valence-electron chi connectivity index (χ2n) is 9.57. The summed E-state index contributed by atoms with van der Waals surface area (Å²) in [6, 6.07) is 5.53. The van der Waals surface area contributed by atoms with Gasteiger partial charge in [0.15, 0.2) is 11.5 Å². The normalized spacial score (nSPS) is 15.9. The number of ether oxygens (including phenoxy) is 2. The molecule has 1 saturated carbocycles. The van der Waals surface area contributed by atoms with E-state index in [9.17, 15) is 26.0 Å². The highest BCUT2D eigenvalue weighted by Gasteiger charge is 2.46. The Hall–Kier alpha value is -3.15. The minimum Gasteiger partial charge on any atom is -0.493 e. The molecule has 1 heterocycles. The molecule has 12 heteroatoms. The summed E-state index contributed by atoms with van der Waals surface area (Å²) in [5.74, 6) is 0.0396. The summed E-state index contributed by atoms with van der Waals surface area (Å²) in [4.78, 5) is 8.80. The Morgan fingerprint density at radius 3 is 2.46 bits per heavy atom. The highest BCUT2D eigenvalue weighted by molar-refractivity contribution is 7.90. The number of fused-ring (bicyclic) bond motifs is 1. The molecule has 1 N–H and O–H groups in total. The smallest absolute Gasteiger partial charge is 0.419 e. The van der Waals surface area contributed by atoms with E-state index in [-0.39, 0.29) is 23.7 Å². The summed E-state index contributed by atoms with van der Waals surface area (Å²) >= 11 is 0. The SMILES string of the molecule is COc1cc2nc(C)nc(N[C@H](C)c3cccc(C(F)(F)F)c3F)c2cc1OCC1(CS(C)(=O)=O)CC1. The number of aromatic nitrogens is 2. The van der Waals surface area contributed by atoms with Crippen LogP contribution in [0.4, 0.5) is 23.4 Å². The third kappa shape index (κ3) is 6.06. The van der Waals surface area contributed by atoms with Crippen LogP contribution in [0.3, 0.4) is 0 Å². The van der Waals surface area contributed by atoms with Crippen LogP contribution in [0.2, 0.25) is 0 Å². The fourth-order valence-electron chi connectivity index (χ4n) is 4.32. The number of hydrogen-bond donors (Lipinski definition) is 1. The Morgan fingerprint density at radius 1 is 1.16 bits per heavy atom. The number of nitrogens with zero attached hydrogens (tertiary/aromatic N) is 2. The molecule has 1 aromatic heterocycles. The van der Waals surface area contributed by atoms with Crippen molar-refractivity contribution in [2.75, 3.05) is 31.0 Å². The molecule has 1 atom stereocenters. The van der Waals surface area contributed by atoms with Gasteiger partial charge in [0.25, 0.3) is 0 Å². The number of nitrogens with one attached hydrogen (secondary N) is 1. The van der Waals surface area contributed by atoms with Crippen LogP contribution in [-0.2, 0) is 16.0 Å². The first kappa shape index (κ1) is 26.9. The molecule has 0 unspecified atom stereocenters. The van der Waals surface area contributed by atoms with Gasteiger partial charge in [-0.3, -0.25) is 0 Å². The van der Waals surface area contributed by atoms with E-state index in [2.05, 4.69) is 15.3 Å². The predicted octanol–water partition coefficient (Wildman–Crippen LogP) is 5.48. The van der Waals surface area contributed by atoms with Crippen LogP contribution >= 0.6 is 0 Å². The molecule has 0 bridgehead atoms. The molecule has 1 fully saturated rings. The van der Waals surface area contributed by atoms with Crippen molar-refractivity contribution in [3.63, 3.8) is 0 Å². The third-order valence-corrected chi connectivity index (χ3v) is 7.44. The van der Waals surface area contributed by atoms with Crippen LogP contribution in [0, 0.1) is 18.2 Å². The van der Waals surface area contributed by atoms with E-state index < -0.39 is 38.9 Å². The van der Waals surface area contributed by atoms with Gasteiger partial charge in [-0.1, -0.05) is 12.1 Å². The van der Waals surface area contributed by atoms with Crippen LogP contribution in [0.25, 0.3) is 10.9 Å². The van der Waals surface area contributed by atoms with Gasteiger partial charge in [0.05, 0.1) is 36.6 Å². The van der Waals surface area contributed by atoms with Crippen LogP contribution in [0.1, 0.15) is 42.8 Å². The van der Waals surface area contributed by atoms with E-state index in [0.29, 0.717) is 34.3 Å². The molecule has 4 rings (SSSR count). The minimum atomic E-state index is -4.82. The van der Waals surface area contributed by atoms with Crippen LogP contribution < -0.4 is 14.8 Å². The molecule has 200 valence electrons. The summed E-state index contributed by atoms with van der Waals surface area (Å²) in [5, 5.41) is 3.49. The highest BCUT2D eigenvalue weighted by atomic mass is 32.2. The van der Waals surface area contributed by atoms with Gasteiger partial charge in [-0.25, -0.2) is 22.8 Å². The standard InChI is InChI=1S/C25H27F4N3O4S/c1-14(16-6-5-7-18(22(16)26)25(27,28)29)30-23-17-10-21(20(35-3)11-19(17)31-15(2)32-23)36-12-24(8-9-24)13-37(4,33)34/h5-7,10-11,14H,8-9,12-13H2,1-4H3,(H,30,31,32)/t14-/m1/s1. The Morgan fingerprint density at radius 2 is 1.86 bits per heavy atom. The summed E-state index contributed by atoms with van der Waals surface area (Å²) in [6.07, 6.45) is -2.18. The zero-order valence-electron chi connectivity index (χ0n) is 20.7. The molecule has 0 saturated heterocycles. The van der Waals surface area contributed by atoms with E-state index in [1.807, 2.05) is 0 Å². The lowest BCUT2D eigenvalue weighted by Crippen LogP contribution is -2.23. The van der Waals surface area contributed by atoms with Crippen molar-refractivity contribution in [2.24, 2.45) is 5.41 Å². The summed E-state index contributed by atoms with van der Waals surface area (Å²) in [6.45, 7) is 3.35. The highest BCUT2D eigenvalue weighted by Crippen LogP contribution is 2.48. The summed E-state index contributed by atoms with van der Waals surface area (Å²) < 4.78 is 89.4. The second-order valence-corrected chi connectivity index (χ2v) is 11.7. The van der Waals surface area contributed by atoms with Crippen molar-refractivity contribution in [1.82, 2.24) is 9.97 Å². The number of methoxy groups -OCH3 is 1. The van der Waals surface area contributed by atoms with Gasteiger partial charge in [0, 0.05) is 28.7 Å². The first-order chi connectivity index (χ1) is 17.2. The molecule has 0 spiro atoms. The minimum absolute atomic E-state index is 0.0189. The molecular weight excluding hydrogens is 514 g/mol. The van der Waals surface area contributed by atoms with Crippen molar-refractivity contribution in [1.29, 1.82) is 0 Å². The predicted molar refractivity (Wildman–Crippen MR) is 131 cm³/mol. The summed E-state index contributed by atoms with van der Waals surface area (Å²) in [7, 11) is -1.72. The molecular formula is C25H27F4N3O4S. The zero-order valence-corrected chi connectivity index (χ0v) is 21.6. The maximum absolute atomic E-state index is 14.7. The first-order valence-corrected chi connectivity index (χ1v) is 13.6. The van der Waals surface area contributed by atoms with Gasteiger partial charge in [-0.2, -0.15) is 13.2 Å². The number of sulfone groups is 1. The number of aryl methyl sites for hydroxylation is 1. The van der Waals surface area contributed by atoms with E-state index in [1.165, 1.54) is 26.4 Å². The molecule has 3 aromatic rings. The van der Waals surface area contributed by atoms with Gasteiger partial charge in [-0.15, -0.1) is 0 Å². The fourth-order valence-corrected chi connectivity index (χ4v) is 5.80. The van der Waals surface area contributed by atoms with Crippen molar-refractivity contribution in [2.45, 2.75) is 38.9 Å². The number of anilines is 1. The van der Waals surface area contributed by atoms with Gasteiger partial charge in [0.2, 0.25) is 0 Å². The average molecular weight is 542 g/mol. The lowest BCUT2D eigenvalue weighted by molar-refractivity contribution is -0.140. The van der Waals surface area contributed by atoms with Crippen molar-refractivity contribution >= 4 is 26.6 Å². The van der Waals surface area contributed by atoms with Crippen LogP contribution in [0.5, 0.6) is 11.5 Å². The molecule has 0 radical (unpaired) electrons. The molecule has 37 heavy (non-hydrogen) atoms. The fraction of sp³-hybridized carbons (Fsp3) is 0.440. The topological polar surface area (TPSA) is 90.4 Å². The van der Waals surface area contributed by atoms with E-state index in [0.717, 1.165) is 18.9 Å². The van der Waals surface area contributed by atoms with Gasteiger partial charge < -0.3 is 14.8 Å². The summed E-state index contributed by atoms with van der Waals surface area (Å²) in [5.41, 5.74) is -1.48. The quantitative estimate of drug-likeness (QED) is 0.359. The Bertz CT molecular complexity index is 1440. The van der Waals surface area contributed by atoms with Crippen molar-refractivity contribution in [3.8, 4) is 11.5 Å². The number of alkyl halides is 3.